The van der Waals surface area contributed by atoms with Crippen molar-refractivity contribution in [2.45, 2.75) is 19.8 Å². The number of benzene rings is 1. The number of pyridine rings is 1. The van der Waals surface area contributed by atoms with E-state index in [4.69, 9.17) is 4.74 Å². The van der Waals surface area contributed by atoms with Crippen LogP contribution in [0.2, 0.25) is 0 Å². The molecule has 1 aliphatic heterocycles. The maximum absolute atomic E-state index is 5.53. The highest BCUT2D eigenvalue weighted by Gasteiger charge is 2.13. The van der Waals surface area contributed by atoms with E-state index in [0.717, 1.165) is 48.8 Å². The summed E-state index contributed by atoms with van der Waals surface area (Å²) < 4.78 is 5.53. The zero-order valence-corrected chi connectivity index (χ0v) is 11.1. The molecule has 1 aromatic carbocycles. The Hall–Kier alpha value is -2.03. The summed E-state index contributed by atoms with van der Waals surface area (Å²) >= 11 is 0. The Morgan fingerprint density at radius 1 is 1.26 bits per heavy atom. The molecule has 0 atom stereocenters. The van der Waals surface area contributed by atoms with Crippen molar-refractivity contribution in [2.75, 3.05) is 18.5 Å². The molecule has 0 saturated carbocycles. The van der Waals surface area contributed by atoms with E-state index in [1.54, 1.807) is 0 Å². The number of nitrogens with one attached hydrogen (secondary N) is 1. The quantitative estimate of drug-likeness (QED) is 0.906. The molecular formula is C16H18N2O. The minimum atomic E-state index is 0.796. The second-order valence-electron chi connectivity index (χ2n) is 4.76. The van der Waals surface area contributed by atoms with Gasteiger partial charge in [-0.3, -0.25) is 0 Å². The molecule has 0 saturated heterocycles. The van der Waals surface area contributed by atoms with Gasteiger partial charge in [-0.25, -0.2) is 4.98 Å². The predicted molar refractivity (Wildman–Crippen MR) is 77.7 cm³/mol. The highest BCUT2D eigenvalue weighted by molar-refractivity contribution is 5.64. The fraction of sp³-hybridized carbons (Fsp3) is 0.312. The Bertz CT molecular complexity index is 581. The minimum Gasteiger partial charge on any atom is -0.493 e. The van der Waals surface area contributed by atoms with Crippen LogP contribution in [0.25, 0.3) is 11.3 Å². The van der Waals surface area contributed by atoms with E-state index in [0.29, 0.717) is 0 Å². The third-order valence-electron chi connectivity index (χ3n) is 3.29. The average molecular weight is 254 g/mol. The summed E-state index contributed by atoms with van der Waals surface area (Å²) in [6.45, 7) is 3.90. The summed E-state index contributed by atoms with van der Waals surface area (Å²) in [6, 6.07) is 12.4. The number of anilines is 1. The van der Waals surface area contributed by atoms with Gasteiger partial charge in [0, 0.05) is 18.5 Å². The predicted octanol–water partition coefficient (Wildman–Crippen LogP) is 3.51. The molecule has 0 unspecified atom stereocenters. The van der Waals surface area contributed by atoms with Gasteiger partial charge in [0.05, 0.1) is 12.3 Å². The first kappa shape index (κ1) is 12.0. The van der Waals surface area contributed by atoms with Gasteiger partial charge in [-0.2, -0.15) is 0 Å². The topological polar surface area (TPSA) is 34.1 Å². The zero-order chi connectivity index (χ0) is 13.1. The van der Waals surface area contributed by atoms with Gasteiger partial charge in [-0.15, -0.1) is 0 Å². The van der Waals surface area contributed by atoms with Crippen molar-refractivity contribution in [1.29, 1.82) is 0 Å². The molecule has 3 rings (SSSR count). The lowest BCUT2D eigenvalue weighted by Gasteiger charge is -2.07. The second kappa shape index (κ2) is 5.31. The first-order chi connectivity index (χ1) is 9.36. The fourth-order valence-corrected chi connectivity index (χ4v) is 2.29. The molecule has 1 N–H and O–H groups in total. The summed E-state index contributed by atoms with van der Waals surface area (Å²) in [4.78, 5) is 4.65. The Labute approximate surface area is 113 Å². The lowest BCUT2D eigenvalue weighted by Crippen LogP contribution is -2.01. The van der Waals surface area contributed by atoms with Crippen LogP contribution in [0.15, 0.2) is 36.4 Å². The summed E-state index contributed by atoms with van der Waals surface area (Å²) in [6.07, 6.45) is 2.10. The minimum absolute atomic E-state index is 0.796. The molecule has 0 aliphatic carbocycles. The molecule has 98 valence electrons. The third-order valence-corrected chi connectivity index (χ3v) is 3.29. The Balaban J connectivity index is 1.89. The van der Waals surface area contributed by atoms with E-state index in [2.05, 4.69) is 35.4 Å². The maximum Gasteiger partial charge on any atom is 0.126 e. The maximum atomic E-state index is 5.53. The van der Waals surface area contributed by atoms with Crippen LogP contribution >= 0.6 is 0 Å². The van der Waals surface area contributed by atoms with E-state index >= 15 is 0 Å². The van der Waals surface area contributed by atoms with Gasteiger partial charge in [-0.1, -0.05) is 13.0 Å². The molecule has 0 spiro atoms. The molecular weight excluding hydrogens is 236 g/mol. The van der Waals surface area contributed by atoms with Crippen molar-refractivity contribution in [3.05, 3.63) is 42.0 Å². The van der Waals surface area contributed by atoms with Gasteiger partial charge in [0.15, 0.2) is 0 Å². The fourth-order valence-electron chi connectivity index (χ4n) is 2.29. The monoisotopic (exact) mass is 254 g/mol. The first-order valence-corrected chi connectivity index (χ1v) is 6.84. The number of aromatic nitrogens is 1. The highest BCUT2D eigenvalue weighted by atomic mass is 16.5. The number of fused-ring (bicyclic) bond motifs is 1. The Kier molecular flexibility index (Phi) is 3.36. The van der Waals surface area contributed by atoms with Crippen LogP contribution in [0.3, 0.4) is 0 Å². The summed E-state index contributed by atoms with van der Waals surface area (Å²) in [7, 11) is 0. The average Bonchev–Trinajstić information content (AvgIpc) is 2.92. The van der Waals surface area contributed by atoms with E-state index < -0.39 is 0 Å². The van der Waals surface area contributed by atoms with Crippen LogP contribution in [0.5, 0.6) is 5.75 Å². The SMILES string of the molecule is CCCNc1cccc(-c2ccc3c(c2)CCO3)n1. The molecule has 1 aromatic heterocycles. The number of rotatable bonds is 4. The molecule has 3 nitrogen and oxygen atoms in total. The van der Waals surface area contributed by atoms with Crippen molar-refractivity contribution in [3.63, 3.8) is 0 Å². The molecule has 0 radical (unpaired) electrons. The number of nitrogens with zero attached hydrogens (tertiary/aromatic N) is 1. The first-order valence-electron chi connectivity index (χ1n) is 6.84. The van der Waals surface area contributed by atoms with E-state index in [9.17, 15) is 0 Å². The molecule has 19 heavy (non-hydrogen) atoms. The largest absolute Gasteiger partial charge is 0.493 e. The van der Waals surface area contributed by atoms with Crippen LogP contribution in [0.4, 0.5) is 5.82 Å². The molecule has 3 heteroatoms. The van der Waals surface area contributed by atoms with E-state index in [1.807, 2.05) is 18.2 Å². The zero-order valence-electron chi connectivity index (χ0n) is 11.1. The third kappa shape index (κ3) is 2.55. The van der Waals surface area contributed by atoms with Crippen molar-refractivity contribution in [3.8, 4) is 17.0 Å². The second-order valence-corrected chi connectivity index (χ2v) is 4.76. The standard InChI is InChI=1S/C16H18N2O/c1-2-9-17-16-5-3-4-14(18-16)12-6-7-15-13(11-12)8-10-19-15/h3-7,11H,2,8-10H2,1H3,(H,17,18). The molecule has 2 aromatic rings. The van der Waals surface area contributed by atoms with E-state index in [-0.39, 0.29) is 0 Å². The summed E-state index contributed by atoms with van der Waals surface area (Å²) in [5, 5.41) is 3.32. The number of hydrogen-bond acceptors (Lipinski definition) is 3. The van der Waals surface area contributed by atoms with Gasteiger partial charge in [0.2, 0.25) is 0 Å². The number of ether oxygens (including phenoxy) is 1. The van der Waals surface area contributed by atoms with Crippen molar-refractivity contribution in [2.24, 2.45) is 0 Å². The lowest BCUT2D eigenvalue weighted by atomic mass is 10.1. The Morgan fingerprint density at radius 3 is 3.11 bits per heavy atom. The van der Waals surface area contributed by atoms with Gasteiger partial charge < -0.3 is 10.1 Å². The molecule has 0 amide bonds. The van der Waals surface area contributed by atoms with Crippen LogP contribution in [0, 0.1) is 0 Å². The van der Waals surface area contributed by atoms with Crippen LogP contribution in [-0.4, -0.2) is 18.1 Å². The van der Waals surface area contributed by atoms with Crippen LogP contribution < -0.4 is 10.1 Å². The van der Waals surface area contributed by atoms with Crippen molar-refractivity contribution in [1.82, 2.24) is 4.98 Å². The lowest BCUT2D eigenvalue weighted by molar-refractivity contribution is 0.357. The smallest absolute Gasteiger partial charge is 0.126 e. The van der Waals surface area contributed by atoms with Crippen LogP contribution in [0.1, 0.15) is 18.9 Å². The van der Waals surface area contributed by atoms with Gasteiger partial charge in [-0.05, 0) is 42.3 Å². The molecule has 0 bridgehead atoms. The Morgan fingerprint density at radius 2 is 2.21 bits per heavy atom. The highest BCUT2D eigenvalue weighted by Crippen LogP contribution is 2.30. The molecule has 2 heterocycles. The number of hydrogen-bond donors (Lipinski definition) is 1. The van der Waals surface area contributed by atoms with E-state index in [1.165, 1.54) is 5.56 Å². The van der Waals surface area contributed by atoms with Crippen molar-refractivity contribution < 1.29 is 4.74 Å². The normalized spacial score (nSPS) is 12.9. The molecule has 0 fully saturated rings. The van der Waals surface area contributed by atoms with Crippen molar-refractivity contribution >= 4 is 5.82 Å². The molecule has 1 aliphatic rings. The van der Waals surface area contributed by atoms with Gasteiger partial charge in [0.25, 0.3) is 0 Å². The summed E-state index contributed by atoms with van der Waals surface area (Å²) in [5.74, 6) is 1.96. The van der Waals surface area contributed by atoms with Gasteiger partial charge >= 0.3 is 0 Å². The van der Waals surface area contributed by atoms with Crippen LogP contribution in [-0.2, 0) is 6.42 Å². The summed E-state index contributed by atoms with van der Waals surface area (Å²) in [5.41, 5.74) is 3.45. The van der Waals surface area contributed by atoms with Gasteiger partial charge in [0.1, 0.15) is 11.6 Å².